The molecule has 1 aromatic carbocycles. The van der Waals surface area contributed by atoms with E-state index in [0.717, 1.165) is 5.56 Å². The van der Waals surface area contributed by atoms with Crippen molar-refractivity contribution in [2.24, 2.45) is 5.73 Å². The van der Waals surface area contributed by atoms with Gasteiger partial charge in [0.25, 0.3) is 0 Å². The highest BCUT2D eigenvalue weighted by molar-refractivity contribution is 6.35. The summed E-state index contributed by atoms with van der Waals surface area (Å²) in [5.74, 6) is -0.828. The Morgan fingerprint density at radius 3 is 2.81 bits per heavy atom. The Bertz CT molecular complexity index is 400. The minimum absolute atomic E-state index is 0.0863. The molecule has 1 aromatic rings. The molecule has 5 heteroatoms. The SMILES string of the molecule is CC1(c2ccc(Cl)cc2Cl)OCC(CN)O1. The highest BCUT2D eigenvalue weighted by atomic mass is 35.5. The van der Waals surface area contributed by atoms with Gasteiger partial charge >= 0.3 is 0 Å². The van der Waals surface area contributed by atoms with Crippen LogP contribution in [0.4, 0.5) is 0 Å². The van der Waals surface area contributed by atoms with Gasteiger partial charge in [-0.25, -0.2) is 0 Å². The fourth-order valence-electron chi connectivity index (χ4n) is 1.75. The minimum Gasteiger partial charge on any atom is -0.343 e. The molecule has 88 valence electrons. The van der Waals surface area contributed by atoms with E-state index in [1.165, 1.54) is 0 Å². The summed E-state index contributed by atoms with van der Waals surface area (Å²) in [5, 5.41) is 1.12. The Hall–Kier alpha value is -0.320. The summed E-state index contributed by atoms with van der Waals surface area (Å²) < 4.78 is 11.4. The highest BCUT2D eigenvalue weighted by Gasteiger charge is 2.39. The number of benzene rings is 1. The Kier molecular flexibility index (Phi) is 3.42. The van der Waals surface area contributed by atoms with Crippen LogP contribution in [0, 0.1) is 0 Å². The topological polar surface area (TPSA) is 44.5 Å². The number of ether oxygens (including phenoxy) is 2. The summed E-state index contributed by atoms with van der Waals surface area (Å²) >= 11 is 12.0. The Morgan fingerprint density at radius 2 is 2.25 bits per heavy atom. The van der Waals surface area contributed by atoms with Crippen molar-refractivity contribution in [3.63, 3.8) is 0 Å². The molecule has 2 rings (SSSR count). The van der Waals surface area contributed by atoms with Gasteiger partial charge in [-0.3, -0.25) is 0 Å². The fourth-order valence-corrected chi connectivity index (χ4v) is 2.33. The van der Waals surface area contributed by atoms with Crippen LogP contribution in [-0.2, 0) is 15.3 Å². The molecular weight excluding hydrogens is 249 g/mol. The zero-order valence-electron chi connectivity index (χ0n) is 8.87. The van der Waals surface area contributed by atoms with Crippen molar-refractivity contribution in [2.45, 2.75) is 18.8 Å². The predicted molar refractivity (Wildman–Crippen MR) is 63.7 cm³/mol. The van der Waals surface area contributed by atoms with Gasteiger partial charge in [0.1, 0.15) is 0 Å². The molecule has 0 aliphatic carbocycles. The van der Waals surface area contributed by atoms with E-state index in [-0.39, 0.29) is 6.10 Å². The van der Waals surface area contributed by atoms with Crippen LogP contribution in [0.15, 0.2) is 18.2 Å². The summed E-state index contributed by atoms with van der Waals surface area (Å²) in [5.41, 5.74) is 6.31. The van der Waals surface area contributed by atoms with E-state index in [1.54, 1.807) is 12.1 Å². The van der Waals surface area contributed by atoms with Gasteiger partial charge in [0.05, 0.1) is 17.7 Å². The van der Waals surface area contributed by atoms with Gasteiger partial charge in [0, 0.05) is 17.1 Å². The third-order valence-corrected chi connectivity index (χ3v) is 3.17. The third-order valence-electron chi connectivity index (χ3n) is 2.62. The molecular formula is C11H13Cl2NO2. The molecule has 0 aromatic heterocycles. The van der Waals surface area contributed by atoms with E-state index in [9.17, 15) is 0 Å². The molecule has 0 radical (unpaired) electrons. The van der Waals surface area contributed by atoms with Crippen LogP contribution in [0.3, 0.4) is 0 Å². The molecule has 1 aliphatic heterocycles. The zero-order chi connectivity index (χ0) is 11.8. The van der Waals surface area contributed by atoms with E-state index in [1.807, 2.05) is 13.0 Å². The molecule has 0 amide bonds. The number of hydrogen-bond acceptors (Lipinski definition) is 3. The molecule has 2 N–H and O–H groups in total. The number of rotatable bonds is 2. The summed E-state index contributed by atoms with van der Waals surface area (Å²) in [4.78, 5) is 0. The van der Waals surface area contributed by atoms with Gasteiger partial charge in [-0.1, -0.05) is 29.3 Å². The van der Waals surface area contributed by atoms with Crippen molar-refractivity contribution < 1.29 is 9.47 Å². The van der Waals surface area contributed by atoms with Crippen molar-refractivity contribution >= 4 is 23.2 Å². The van der Waals surface area contributed by atoms with Gasteiger partial charge in [-0.2, -0.15) is 0 Å². The maximum Gasteiger partial charge on any atom is 0.193 e. The van der Waals surface area contributed by atoms with E-state index in [0.29, 0.717) is 23.2 Å². The lowest BCUT2D eigenvalue weighted by molar-refractivity contribution is -0.160. The van der Waals surface area contributed by atoms with Gasteiger partial charge < -0.3 is 15.2 Å². The molecule has 2 atom stereocenters. The number of halogens is 2. The van der Waals surface area contributed by atoms with Crippen molar-refractivity contribution in [3.05, 3.63) is 33.8 Å². The van der Waals surface area contributed by atoms with Crippen LogP contribution in [0.25, 0.3) is 0 Å². The van der Waals surface area contributed by atoms with E-state index >= 15 is 0 Å². The standard InChI is InChI=1S/C11H13Cl2NO2/c1-11(15-6-8(5-14)16-11)9-3-2-7(12)4-10(9)13/h2-4,8H,5-6,14H2,1H3. The molecule has 16 heavy (non-hydrogen) atoms. The normalized spacial score (nSPS) is 29.6. The lowest BCUT2D eigenvalue weighted by Crippen LogP contribution is -2.27. The number of hydrogen-bond donors (Lipinski definition) is 1. The Labute approximate surface area is 104 Å². The smallest absolute Gasteiger partial charge is 0.193 e. The summed E-state index contributed by atoms with van der Waals surface area (Å²) in [6, 6.07) is 5.24. The van der Waals surface area contributed by atoms with Gasteiger partial charge in [0.15, 0.2) is 5.79 Å². The maximum atomic E-state index is 6.11. The zero-order valence-corrected chi connectivity index (χ0v) is 10.4. The molecule has 1 aliphatic rings. The van der Waals surface area contributed by atoms with Crippen LogP contribution in [-0.4, -0.2) is 19.3 Å². The van der Waals surface area contributed by atoms with Crippen LogP contribution in [0.1, 0.15) is 12.5 Å². The average molecular weight is 262 g/mol. The Balaban J connectivity index is 2.30. The lowest BCUT2D eigenvalue weighted by atomic mass is 10.1. The summed E-state index contributed by atoms with van der Waals surface area (Å²) in [6.07, 6.45) is -0.0863. The predicted octanol–water partition coefficient (Wildman–Crippen LogP) is 2.54. The molecule has 1 saturated heterocycles. The number of nitrogens with two attached hydrogens (primary N) is 1. The van der Waals surface area contributed by atoms with Gasteiger partial charge in [-0.05, 0) is 19.1 Å². The fraction of sp³-hybridized carbons (Fsp3) is 0.455. The van der Waals surface area contributed by atoms with Crippen LogP contribution >= 0.6 is 23.2 Å². The first kappa shape index (κ1) is 12.1. The molecule has 3 nitrogen and oxygen atoms in total. The van der Waals surface area contributed by atoms with Crippen LogP contribution in [0.2, 0.25) is 10.0 Å². The quantitative estimate of drug-likeness (QED) is 0.890. The second-order valence-electron chi connectivity index (χ2n) is 3.86. The van der Waals surface area contributed by atoms with Crippen molar-refractivity contribution in [3.8, 4) is 0 Å². The van der Waals surface area contributed by atoms with Crippen LogP contribution < -0.4 is 5.73 Å². The summed E-state index contributed by atoms with van der Waals surface area (Å²) in [6.45, 7) is 2.74. The monoisotopic (exact) mass is 261 g/mol. The second-order valence-corrected chi connectivity index (χ2v) is 4.70. The van der Waals surface area contributed by atoms with Gasteiger partial charge in [-0.15, -0.1) is 0 Å². The van der Waals surface area contributed by atoms with Crippen molar-refractivity contribution in [2.75, 3.05) is 13.2 Å². The second kappa shape index (κ2) is 4.51. The van der Waals surface area contributed by atoms with Crippen molar-refractivity contribution in [1.82, 2.24) is 0 Å². The molecule has 0 bridgehead atoms. The highest BCUT2D eigenvalue weighted by Crippen LogP contribution is 2.38. The third kappa shape index (κ3) is 2.19. The Morgan fingerprint density at radius 1 is 1.50 bits per heavy atom. The first-order valence-electron chi connectivity index (χ1n) is 5.02. The first-order chi connectivity index (χ1) is 7.55. The molecule has 0 spiro atoms. The molecule has 0 saturated carbocycles. The largest absolute Gasteiger partial charge is 0.343 e. The van der Waals surface area contributed by atoms with E-state index < -0.39 is 5.79 Å². The summed E-state index contributed by atoms with van der Waals surface area (Å²) in [7, 11) is 0. The van der Waals surface area contributed by atoms with E-state index in [2.05, 4.69) is 0 Å². The van der Waals surface area contributed by atoms with Crippen LogP contribution in [0.5, 0.6) is 0 Å². The molecule has 2 unspecified atom stereocenters. The van der Waals surface area contributed by atoms with E-state index in [4.69, 9.17) is 38.4 Å². The average Bonchev–Trinajstić information content (AvgIpc) is 2.61. The minimum atomic E-state index is -0.828. The van der Waals surface area contributed by atoms with Gasteiger partial charge in [0.2, 0.25) is 0 Å². The lowest BCUT2D eigenvalue weighted by Gasteiger charge is -2.24. The maximum absolute atomic E-state index is 6.11. The molecule has 1 fully saturated rings. The molecule has 1 heterocycles. The first-order valence-corrected chi connectivity index (χ1v) is 5.78. The van der Waals surface area contributed by atoms with Crippen molar-refractivity contribution in [1.29, 1.82) is 0 Å².